The lowest BCUT2D eigenvalue weighted by Gasteiger charge is -2.30. The van der Waals surface area contributed by atoms with E-state index in [-0.39, 0.29) is 36.9 Å². The first-order valence-corrected chi connectivity index (χ1v) is 7.19. The molecule has 0 aromatic rings. The van der Waals surface area contributed by atoms with Crippen molar-refractivity contribution in [1.82, 2.24) is 5.32 Å². The molecule has 2 aliphatic carbocycles. The third-order valence-electron chi connectivity index (χ3n) is 4.16. The molecule has 2 saturated carbocycles. The highest BCUT2D eigenvalue weighted by Crippen LogP contribution is 2.65. The van der Waals surface area contributed by atoms with Gasteiger partial charge in [0.2, 0.25) is 5.91 Å². The van der Waals surface area contributed by atoms with Gasteiger partial charge in [-0.15, -0.1) is 0 Å². The molecule has 0 saturated heterocycles. The summed E-state index contributed by atoms with van der Waals surface area (Å²) in [6.07, 6.45) is 0.316. The van der Waals surface area contributed by atoms with Gasteiger partial charge in [-0.25, -0.2) is 4.79 Å². The van der Waals surface area contributed by atoms with Crippen molar-refractivity contribution in [1.29, 1.82) is 0 Å². The summed E-state index contributed by atoms with van der Waals surface area (Å²) in [5.41, 5.74) is -0.388. The van der Waals surface area contributed by atoms with Crippen LogP contribution in [-0.2, 0) is 23.9 Å². The lowest BCUT2D eigenvalue weighted by molar-refractivity contribution is -0.155. The summed E-state index contributed by atoms with van der Waals surface area (Å²) in [6.45, 7) is 9.23. The number of esters is 2. The highest BCUT2D eigenvalue weighted by atomic mass is 16.5. The fourth-order valence-electron chi connectivity index (χ4n) is 3.52. The fourth-order valence-corrected chi connectivity index (χ4v) is 3.52. The molecular formula is C15H21NO5. The first-order chi connectivity index (χ1) is 9.89. The van der Waals surface area contributed by atoms with Gasteiger partial charge in [0, 0.05) is 19.3 Å². The van der Waals surface area contributed by atoms with Crippen molar-refractivity contribution in [2.75, 3.05) is 13.2 Å². The fraction of sp³-hybridized carbons (Fsp3) is 0.667. The minimum Gasteiger partial charge on any atom is -0.466 e. The number of nitrogens with one attached hydrogen (secondary N) is 1. The van der Waals surface area contributed by atoms with Gasteiger partial charge in [-0.05, 0) is 19.8 Å². The number of hydrogen-bond acceptors (Lipinski definition) is 5. The standard InChI is InChI=1S/C15H21NO5/c1-5-20-13(18)11-10-8(3)7-15(12(10)11,16-9(4)17)14(19)21-6-2/h10-12H,3,5-7H2,1-2,4H3,(H,16,17)/t10-,11-,12-,15-/m0/s1. The summed E-state index contributed by atoms with van der Waals surface area (Å²) in [5, 5.41) is 2.71. The molecule has 1 N–H and O–H groups in total. The van der Waals surface area contributed by atoms with Gasteiger partial charge in [-0.2, -0.15) is 0 Å². The Balaban J connectivity index is 2.29. The number of carbonyl (C=O) groups is 3. The Hall–Kier alpha value is -1.85. The second kappa shape index (κ2) is 5.50. The summed E-state index contributed by atoms with van der Waals surface area (Å²) >= 11 is 0. The third-order valence-corrected chi connectivity index (χ3v) is 4.16. The van der Waals surface area contributed by atoms with Crippen molar-refractivity contribution in [2.45, 2.75) is 32.7 Å². The van der Waals surface area contributed by atoms with Gasteiger partial charge in [-0.3, -0.25) is 9.59 Å². The van der Waals surface area contributed by atoms with E-state index in [4.69, 9.17) is 9.47 Å². The van der Waals surface area contributed by atoms with Crippen LogP contribution >= 0.6 is 0 Å². The van der Waals surface area contributed by atoms with Crippen LogP contribution in [0.4, 0.5) is 0 Å². The molecule has 6 nitrogen and oxygen atoms in total. The maximum atomic E-state index is 12.4. The first-order valence-electron chi connectivity index (χ1n) is 7.19. The van der Waals surface area contributed by atoms with E-state index in [9.17, 15) is 14.4 Å². The average Bonchev–Trinajstić information content (AvgIpc) is 3.07. The van der Waals surface area contributed by atoms with Crippen LogP contribution in [0.25, 0.3) is 0 Å². The van der Waals surface area contributed by atoms with Crippen molar-refractivity contribution >= 4 is 17.8 Å². The van der Waals surface area contributed by atoms with Gasteiger partial charge in [0.05, 0.1) is 19.1 Å². The molecule has 116 valence electrons. The highest BCUT2D eigenvalue weighted by molar-refractivity contribution is 5.92. The molecule has 0 spiro atoms. The van der Waals surface area contributed by atoms with Crippen LogP contribution < -0.4 is 5.32 Å². The Morgan fingerprint density at radius 2 is 1.90 bits per heavy atom. The molecule has 0 radical (unpaired) electrons. The van der Waals surface area contributed by atoms with E-state index in [2.05, 4.69) is 11.9 Å². The summed E-state index contributed by atoms with van der Waals surface area (Å²) < 4.78 is 10.2. The number of hydrogen-bond donors (Lipinski definition) is 1. The first kappa shape index (κ1) is 15.5. The molecule has 2 fully saturated rings. The predicted octanol–water partition coefficient (Wildman–Crippen LogP) is 0.810. The average molecular weight is 295 g/mol. The number of rotatable bonds is 5. The minimum absolute atomic E-state index is 0.111. The van der Waals surface area contributed by atoms with E-state index >= 15 is 0 Å². The van der Waals surface area contributed by atoms with Crippen LogP contribution in [0.15, 0.2) is 12.2 Å². The molecule has 2 rings (SSSR count). The largest absolute Gasteiger partial charge is 0.466 e. The van der Waals surface area contributed by atoms with Crippen LogP contribution in [0.2, 0.25) is 0 Å². The zero-order valence-electron chi connectivity index (χ0n) is 12.6. The molecule has 0 bridgehead atoms. The molecule has 0 aliphatic heterocycles. The van der Waals surface area contributed by atoms with Crippen molar-refractivity contribution in [3.05, 3.63) is 12.2 Å². The highest BCUT2D eigenvalue weighted by Gasteiger charge is 2.74. The third kappa shape index (κ3) is 2.43. The van der Waals surface area contributed by atoms with Gasteiger partial charge in [-0.1, -0.05) is 12.2 Å². The summed E-state index contributed by atoms with van der Waals surface area (Å²) in [5.74, 6) is -2.01. The van der Waals surface area contributed by atoms with E-state index in [1.807, 2.05) is 0 Å². The zero-order chi connectivity index (χ0) is 15.8. The molecule has 2 aliphatic rings. The van der Waals surface area contributed by atoms with E-state index in [0.29, 0.717) is 6.42 Å². The molecule has 1 amide bonds. The molecule has 6 heteroatoms. The van der Waals surface area contributed by atoms with E-state index in [1.54, 1.807) is 13.8 Å². The summed E-state index contributed by atoms with van der Waals surface area (Å²) in [4.78, 5) is 35.9. The number of fused-ring (bicyclic) bond motifs is 1. The van der Waals surface area contributed by atoms with Gasteiger partial charge in [0.25, 0.3) is 0 Å². The number of ether oxygens (including phenoxy) is 2. The second-order valence-electron chi connectivity index (χ2n) is 5.54. The normalized spacial score (nSPS) is 33.1. The predicted molar refractivity (Wildman–Crippen MR) is 74.0 cm³/mol. The van der Waals surface area contributed by atoms with Crippen LogP contribution in [0.3, 0.4) is 0 Å². The molecule has 0 unspecified atom stereocenters. The molecule has 0 aromatic heterocycles. The molecule has 4 atom stereocenters. The SMILES string of the molecule is C=C1C[C@@](NC(C)=O)(C(=O)OCC)[C@H]2[C@@H]1[C@@H]2C(=O)OCC. The Labute approximate surface area is 123 Å². The maximum absolute atomic E-state index is 12.4. The van der Waals surface area contributed by atoms with E-state index < -0.39 is 17.4 Å². The Morgan fingerprint density at radius 1 is 1.29 bits per heavy atom. The number of carbonyl (C=O) groups excluding carboxylic acids is 3. The van der Waals surface area contributed by atoms with E-state index in [1.165, 1.54) is 6.92 Å². The maximum Gasteiger partial charge on any atom is 0.332 e. The quantitative estimate of drug-likeness (QED) is 0.599. The van der Waals surface area contributed by atoms with Crippen molar-refractivity contribution < 1.29 is 23.9 Å². The van der Waals surface area contributed by atoms with Crippen molar-refractivity contribution in [2.24, 2.45) is 17.8 Å². The Morgan fingerprint density at radius 3 is 2.43 bits per heavy atom. The van der Waals surface area contributed by atoms with Gasteiger partial charge in [0.15, 0.2) is 0 Å². The minimum atomic E-state index is -1.18. The summed E-state index contributed by atoms with van der Waals surface area (Å²) in [7, 11) is 0. The van der Waals surface area contributed by atoms with Crippen LogP contribution in [-0.4, -0.2) is 36.6 Å². The van der Waals surface area contributed by atoms with Crippen LogP contribution in [0.5, 0.6) is 0 Å². The van der Waals surface area contributed by atoms with Crippen LogP contribution in [0.1, 0.15) is 27.2 Å². The van der Waals surface area contributed by atoms with Gasteiger partial charge in [0.1, 0.15) is 5.54 Å². The second-order valence-corrected chi connectivity index (χ2v) is 5.54. The van der Waals surface area contributed by atoms with Gasteiger partial charge >= 0.3 is 11.9 Å². The number of amides is 1. The monoisotopic (exact) mass is 295 g/mol. The topological polar surface area (TPSA) is 81.7 Å². The molecule has 21 heavy (non-hydrogen) atoms. The molecule has 0 heterocycles. The lowest BCUT2D eigenvalue weighted by atomic mass is 9.89. The van der Waals surface area contributed by atoms with Crippen LogP contribution in [0, 0.1) is 17.8 Å². The summed E-state index contributed by atoms with van der Waals surface area (Å²) in [6, 6.07) is 0. The van der Waals surface area contributed by atoms with Crippen molar-refractivity contribution in [3.8, 4) is 0 Å². The molecular weight excluding hydrogens is 274 g/mol. The Kier molecular flexibility index (Phi) is 4.07. The lowest BCUT2D eigenvalue weighted by Crippen LogP contribution is -2.56. The van der Waals surface area contributed by atoms with E-state index in [0.717, 1.165) is 5.57 Å². The van der Waals surface area contributed by atoms with Gasteiger partial charge < -0.3 is 14.8 Å². The van der Waals surface area contributed by atoms with Crippen molar-refractivity contribution in [3.63, 3.8) is 0 Å². The molecule has 0 aromatic carbocycles. The Bertz CT molecular complexity index is 500. The smallest absolute Gasteiger partial charge is 0.332 e. The zero-order valence-corrected chi connectivity index (χ0v) is 12.6.